The molecule has 6 nitrogen and oxygen atoms in total. The smallest absolute Gasteiger partial charge is 0.164 e. The highest BCUT2D eigenvalue weighted by Gasteiger charge is 2.36. The third kappa shape index (κ3) is 3.52. The Morgan fingerprint density at radius 1 is 1.13 bits per heavy atom. The highest BCUT2D eigenvalue weighted by Crippen LogP contribution is 2.42. The second-order valence-corrected chi connectivity index (χ2v) is 10.1. The van der Waals surface area contributed by atoms with Crippen LogP contribution in [-0.2, 0) is 17.6 Å². The van der Waals surface area contributed by atoms with Gasteiger partial charge >= 0.3 is 0 Å². The van der Waals surface area contributed by atoms with Crippen LogP contribution in [0.3, 0.4) is 0 Å². The van der Waals surface area contributed by atoms with E-state index < -0.39 is 0 Å². The van der Waals surface area contributed by atoms with E-state index in [1.165, 1.54) is 41.5 Å². The molecule has 0 N–H and O–H groups in total. The van der Waals surface area contributed by atoms with E-state index in [2.05, 4.69) is 27.8 Å². The molecule has 2 aliphatic heterocycles. The molecule has 31 heavy (non-hydrogen) atoms. The zero-order valence-corrected chi connectivity index (χ0v) is 18.9. The summed E-state index contributed by atoms with van der Waals surface area (Å²) < 4.78 is 5.59. The standard InChI is InChI=1S/C24H29N5OS/c1-16-13-18(28-9-11-30-12-10-28)15-29(16)23-21-19-6-2-3-7-20(19)31-24(21)27-22(26-23)17-5-4-8-25-14-17/h4-5,8,14,16,18H,2-3,6-7,9-13,15H2,1H3. The summed E-state index contributed by atoms with van der Waals surface area (Å²) in [7, 11) is 0. The molecule has 3 aromatic rings. The molecule has 1 aliphatic carbocycles. The Labute approximate surface area is 187 Å². The van der Waals surface area contributed by atoms with Gasteiger partial charge in [-0.2, -0.15) is 0 Å². The first-order valence-electron chi connectivity index (χ1n) is 11.6. The zero-order chi connectivity index (χ0) is 20.8. The van der Waals surface area contributed by atoms with Crippen LogP contribution in [0, 0.1) is 0 Å². The average Bonchev–Trinajstić information content (AvgIpc) is 3.40. The van der Waals surface area contributed by atoms with Crippen molar-refractivity contribution >= 4 is 27.4 Å². The van der Waals surface area contributed by atoms with Crippen LogP contribution in [0.15, 0.2) is 24.5 Å². The van der Waals surface area contributed by atoms with Gasteiger partial charge in [0.05, 0.1) is 18.6 Å². The van der Waals surface area contributed by atoms with Crippen molar-refractivity contribution in [2.75, 3.05) is 37.7 Å². The zero-order valence-electron chi connectivity index (χ0n) is 18.1. The third-order valence-corrected chi connectivity index (χ3v) is 8.29. The topological polar surface area (TPSA) is 54.4 Å². The number of anilines is 1. The number of aromatic nitrogens is 3. The van der Waals surface area contributed by atoms with Gasteiger partial charge in [-0.3, -0.25) is 9.88 Å². The molecule has 3 aliphatic rings. The van der Waals surface area contributed by atoms with Crippen LogP contribution in [0.2, 0.25) is 0 Å². The number of hydrogen-bond donors (Lipinski definition) is 0. The van der Waals surface area contributed by atoms with Crippen molar-refractivity contribution in [2.45, 2.75) is 51.1 Å². The second kappa shape index (κ2) is 8.11. The van der Waals surface area contributed by atoms with Crippen LogP contribution >= 0.6 is 11.3 Å². The maximum absolute atomic E-state index is 5.59. The van der Waals surface area contributed by atoms with Gasteiger partial charge in [0.25, 0.3) is 0 Å². The van der Waals surface area contributed by atoms with Crippen molar-refractivity contribution in [3.05, 3.63) is 35.0 Å². The van der Waals surface area contributed by atoms with Gasteiger partial charge in [0.2, 0.25) is 0 Å². The molecule has 0 amide bonds. The molecule has 2 unspecified atom stereocenters. The lowest BCUT2D eigenvalue weighted by Gasteiger charge is -2.32. The Morgan fingerprint density at radius 2 is 2.00 bits per heavy atom. The van der Waals surface area contributed by atoms with Gasteiger partial charge in [0, 0.05) is 54.6 Å². The summed E-state index contributed by atoms with van der Waals surface area (Å²) in [6.07, 6.45) is 9.77. The fraction of sp³-hybridized carbons (Fsp3) is 0.542. The summed E-state index contributed by atoms with van der Waals surface area (Å²) in [5, 5.41) is 1.32. The predicted octanol–water partition coefficient (Wildman–Crippen LogP) is 3.93. The molecule has 162 valence electrons. The molecule has 5 heterocycles. The molecule has 7 heteroatoms. The molecule has 0 bridgehead atoms. The van der Waals surface area contributed by atoms with Crippen molar-refractivity contribution in [1.82, 2.24) is 19.9 Å². The Bertz CT molecular complexity index is 1080. The van der Waals surface area contributed by atoms with Crippen LogP contribution in [0.5, 0.6) is 0 Å². The first-order chi connectivity index (χ1) is 15.3. The first kappa shape index (κ1) is 19.6. The maximum Gasteiger partial charge on any atom is 0.164 e. The number of morpholine rings is 1. The van der Waals surface area contributed by atoms with E-state index in [1.54, 1.807) is 0 Å². The lowest BCUT2D eigenvalue weighted by Crippen LogP contribution is -2.44. The Hall–Kier alpha value is -2.09. The molecule has 0 aromatic carbocycles. The van der Waals surface area contributed by atoms with E-state index in [9.17, 15) is 0 Å². The van der Waals surface area contributed by atoms with Gasteiger partial charge < -0.3 is 9.64 Å². The summed E-state index contributed by atoms with van der Waals surface area (Å²) in [6.45, 7) is 7.18. The molecular weight excluding hydrogens is 406 g/mol. The van der Waals surface area contributed by atoms with Crippen LogP contribution in [0.4, 0.5) is 5.82 Å². The van der Waals surface area contributed by atoms with Crippen molar-refractivity contribution in [1.29, 1.82) is 0 Å². The number of aryl methyl sites for hydroxylation is 2. The highest BCUT2D eigenvalue weighted by molar-refractivity contribution is 7.19. The first-order valence-corrected chi connectivity index (χ1v) is 12.4. The molecule has 3 aromatic heterocycles. The minimum Gasteiger partial charge on any atom is -0.379 e. The van der Waals surface area contributed by atoms with E-state index >= 15 is 0 Å². The van der Waals surface area contributed by atoms with E-state index in [0.717, 1.165) is 61.3 Å². The average molecular weight is 436 g/mol. The molecule has 0 spiro atoms. The summed E-state index contributed by atoms with van der Waals surface area (Å²) in [5.74, 6) is 1.95. The van der Waals surface area contributed by atoms with E-state index in [1.807, 2.05) is 29.8 Å². The molecular formula is C24H29N5OS. The number of fused-ring (bicyclic) bond motifs is 3. The molecule has 6 rings (SSSR count). The third-order valence-electron chi connectivity index (χ3n) is 7.10. The van der Waals surface area contributed by atoms with E-state index in [4.69, 9.17) is 14.7 Å². The quantitative estimate of drug-likeness (QED) is 0.621. The van der Waals surface area contributed by atoms with Gasteiger partial charge in [-0.25, -0.2) is 9.97 Å². The van der Waals surface area contributed by atoms with Gasteiger partial charge in [0.1, 0.15) is 10.6 Å². The fourth-order valence-corrected chi connectivity index (χ4v) is 6.73. The minimum absolute atomic E-state index is 0.465. The normalized spacial score (nSPS) is 24.6. The largest absolute Gasteiger partial charge is 0.379 e. The number of ether oxygens (including phenoxy) is 1. The number of thiophene rings is 1. The fourth-order valence-electron chi connectivity index (χ4n) is 5.48. The summed E-state index contributed by atoms with van der Waals surface area (Å²) in [5.41, 5.74) is 2.51. The van der Waals surface area contributed by atoms with Gasteiger partial charge in [-0.15, -0.1) is 11.3 Å². The highest BCUT2D eigenvalue weighted by atomic mass is 32.1. The number of nitrogens with zero attached hydrogens (tertiary/aromatic N) is 5. The van der Waals surface area contributed by atoms with E-state index in [-0.39, 0.29) is 0 Å². The van der Waals surface area contributed by atoms with Crippen LogP contribution in [-0.4, -0.2) is 64.8 Å². The Morgan fingerprint density at radius 3 is 2.84 bits per heavy atom. The monoisotopic (exact) mass is 435 g/mol. The number of hydrogen-bond acceptors (Lipinski definition) is 7. The molecule has 2 atom stereocenters. The molecule has 2 saturated heterocycles. The molecule has 0 saturated carbocycles. The summed E-state index contributed by atoms with van der Waals surface area (Å²) in [4.78, 5) is 22.4. The number of pyridine rings is 1. The van der Waals surface area contributed by atoms with Crippen molar-refractivity contribution in [3.8, 4) is 11.4 Å². The van der Waals surface area contributed by atoms with Crippen molar-refractivity contribution in [2.24, 2.45) is 0 Å². The predicted molar refractivity (Wildman–Crippen MR) is 125 cm³/mol. The van der Waals surface area contributed by atoms with Gasteiger partial charge in [-0.1, -0.05) is 0 Å². The van der Waals surface area contributed by atoms with Crippen LogP contribution in [0.25, 0.3) is 21.6 Å². The van der Waals surface area contributed by atoms with Gasteiger partial charge in [-0.05, 0) is 56.7 Å². The van der Waals surface area contributed by atoms with Gasteiger partial charge in [0.15, 0.2) is 5.82 Å². The van der Waals surface area contributed by atoms with Crippen LogP contribution < -0.4 is 4.90 Å². The summed E-state index contributed by atoms with van der Waals surface area (Å²) in [6, 6.07) is 5.07. The number of rotatable bonds is 3. The molecule has 2 fully saturated rings. The summed E-state index contributed by atoms with van der Waals surface area (Å²) >= 11 is 1.89. The Kier molecular flexibility index (Phi) is 5.13. The van der Waals surface area contributed by atoms with Crippen molar-refractivity contribution < 1.29 is 4.74 Å². The van der Waals surface area contributed by atoms with E-state index in [0.29, 0.717) is 12.1 Å². The maximum atomic E-state index is 5.59. The van der Waals surface area contributed by atoms with Crippen molar-refractivity contribution in [3.63, 3.8) is 0 Å². The lowest BCUT2D eigenvalue weighted by atomic mass is 9.97. The minimum atomic E-state index is 0.465. The Balaban J connectivity index is 1.45. The van der Waals surface area contributed by atoms with Crippen LogP contribution in [0.1, 0.15) is 36.6 Å². The lowest BCUT2D eigenvalue weighted by molar-refractivity contribution is 0.0204. The molecule has 0 radical (unpaired) electrons. The second-order valence-electron chi connectivity index (χ2n) is 9.04. The SMILES string of the molecule is CC1CC(N2CCOCC2)CN1c1nc(-c2cccnc2)nc2sc3c(c12)CCCC3.